The number of hydrogen-bond acceptors (Lipinski definition) is 5. The molecule has 2 aromatic rings. The van der Waals surface area contributed by atoms with Crippen LogP contribution in [0.2, 0.25) is 0 Å². The number of furan rings is 1. The Hall–Kier alpha value is -2.05. The Bertz CT molecular complexity index is 734. The summed E-state index contributed by atoms with van der Waals surface area (Å²) in [4.78, 5) is 18.8. The highest BCUT2D eigenvalue weighted by Crippen LogP contribution is 2.23. The van der Waals surface area contributed by atoms with Gasteiger partial charge in [0.05, 0.1) is 13.2 Å². The number of para-hydroxylation sites is 1. The first-order valence-corrected chi connectivity index (χ1v) is 10.1. The zero-order valence-electron chi connectivity index (χ0n) is 16.1. The van der Waals surface area contributed by atoms with Crippen molar-refractivity contribution in [3.63, 3.8) is 0 Å². The van der Waals surface area contributed by atoms with Crippen molar-refractivity contribution in [2.45, 2.75) is 32.4 Å². The fourth-order valence-electron chi connectivity index (χ4n) is 4.29. The number of benzene rings is 1. The number of fused-ring (bicyclic) bond motifs is 1. The van der Waals surface area contributed by atoms with E-state index in [0.717, 1.165) is 57.2 Å². The molecule has 2 aliphatic heterocycles. The Morgan fingerprint density at radius 1 is 1.19 bits per heavy atom. The number of piperidine rings is 1. The summed E-state index contributed by atoms with van der Waals surface area (Å²) in [6.45, 7) is 8.74. The van der Waals surface area contributed by atoms with Crippen LogP contribution in [-0.2, 0) is 11.3 Å². The molecule has 6 heteroatoms. The van der Waals surface area contributed by atoms with E-state index in [1.807, 2.05) is 24.0 Å². The molecule has 3 heterocycles. The highest BCUT2D eigenvalue weighted by atomic mass is 16.6. The van der Waals surface area contributed by atoms with E-state index < -0.39 is 0 Å². The van der Waals surface area contributed by atoms with Gasteiger partial charge in [-0.25, -0.2) is 4.79 Å². The number of amides is 1. The molecule has 2 aliphatic rings. The van der Waals surface area contributed by atoms with Gasteiger partial charge in [0, 0.05) is 44.2 Å². The average molecular weight is 371 g/mol. The van der Waals surface area contributed by atoms with Crippen LogP contribution in [0.15, 0.2) is 34.7 Å². The predicted octanol–water partition coefficient (Wildman–Crippen LogP) is 3.17. The molecule has 2 saturated heterocycles. The highest BCUT2D eigenvalue weighted by Gasteiger charge is 2.30. The summed E-state index contributed by atoms with van der Waals surface area (Å²) in [5, 5.41) is 1.18. The van der Waals surface area contributed by atoms with Crippen molar-refractivity contribution in [3.8, 4) is 0 Å². The number of likely N-dealkylation sites (tertiary alicyclic amines) is 1. The van der Waals surface area contributed by atoms with Crippen molar-refractivity contribution >= 4 is 17.1 Å². The Balaban J connectivity index is 1.31. The molecule has 1 aromatic heterocycles. The molecule has 0 spiro atoms. The Morgan fingerprint density at radius 3 is 2.78 bits per heavy atom. The second kappa shape index (κ2) is 8.31. The van der Waals surface area contributed by atoms with E-state index in [1.54, 1.807) is 0 Å². The van der Waals surface area contributed by atoms with Crippen LogP contribution in [0, 0.1) is 0 Å². The minimum atomic E-state index is -0.174. The second-order valence-corrected chi connectivity index (χ2v) is 7.50. The van der Waals surface area contributed by atoms with Gasteiger partial charge in [0.15, 0.2) is 0 Å². The molecule has 4 rings (SSSR count). The van der Waals surface area contributed by atoms with Gasteiger partial charge >= 0.3 is 6.09 Å². The summed E-state index contributed by atoms with van der Waals surface area (Å²) in [5.41, 5.74) is 0.969. The monoisotopic (exact) mass is 371 g/mol. The van der Waals surface area contributed by atoms with Gasteiger partial charge in [-0.05, 0) is 38.4 Å². The number of ether oxygens (including phenoxy) is 1. The van der Waals surface area contributed by atoms with Gasteiger partial charge in [-0.2, -0.15) is 0 Å². The third-order valence-electron chi connectivity index (χ3n) is 5.69. The van der Waals surface area contributed by atoms with Crippen molar-refractivity contribution in [2.75, 3.05) is 45.9 Å². The maximum Gasteiger partial charge on any atom is 0.409 e. The van der Waals surface area contributed by atoms with Gasteiger partial charge in [0.2, 0.25) is 0 Å². The number of rotatable bonds is 4. The maximum absolute atomic E-state index is 11.9. The first kappa shape index (κ1) is 18.3. The standard InChI is InChI=1S/C21H29N3O3/c1-2-26-21(25)24-12-10-23(11-13-24)18-7-5-9-22(15-18)16-19-14-17-6-3-4-8-20(17)27-19/h3-4,6,8,14,18H,2,5,7,9-13,15-16H2,1H3. The Kier molecular flexibility index (Phi) is 5.64. The minimum absolute atomic E-state index is 0.174. The van der Waals surface area contributed by atoms with Crippen LogP contribution in [0.25, 0.3) is 11.0 Å². The molecule has 1 amide bonds. The number of piperazine rings is 1. The molecule has 1 atom stereocenters. The molecule has 146 valence electrons. The second-order valence-electron chi connectivity index (χ2n) is 7.50. The van der Waals surface area contributed by atoms with Crippen molar-refractivity contribution in [2.24, 2.45) is 0 Å². The summed E-state index contributed by atoms with van der Waals surface area (Å²) in [7, 11) is 0. The van der Waals surface area contributed by atoms with E-state index in [2.05, 4.69) is 28.0 Å². The van der Waals surface area contributed by atoms with Crippen molar-refractivity contribution in [1.29, 1.82) is 0 Å². The molecular formula is C21H29N3O3. The molecule has 0 saturated carbocycles. The fraction of sp³-hybridized carbons (Fsp3) is 0.571. The van der Waals surface area contributed by atoms with Gasteiger partial charge in [-0.15, -0.1) is 0 Å². The molecule has 0 N–H and O–H groups in total. The molecule has 0 radical (unpaired) electrons. The van der Waals surface area contributed by atoms with Crippen LogP contribution in [0.4, 0.5) is 4.79 Å². The zero-order chi connectivity index (χ0) is 18.6. The summed E-state index contributed by atoms with van der Waals surface area (Å²) >= 11 is 0. The van der Waals surface area contributed by atoms with Gasteiger partial charge in [-0.1, -0.05) is 18.2 Å². The molecule has 1 unspecified atom stereocenters. The molecule has 0 bridgehead atoms. The van der Waals surface area contributed by atoms with Crippen molar-refractivity contribution in [1.82, 2.24) is 14.7 Å². The summed E-state index contributed by atoms with van der Waals surface area (Å²) < 4.78 is 11.1. The largest absolute Gasteiger partial charge is 0.460 e. The van der Waals surface area contributed by atoms with E-state index >= 15 is 0 Å². The number of nitrogens with zero attached hydrogens (tertiary/aromatic N) is 3. The fourth-order valence-corrected chi connectivity index (χ4v) is 4.29. The number of carbonyl (C=O) groups excluding carboxylic acids is 1. The van der Waals surface area contributed by atoms with E-state index in [9.17, 15) is 4.79 Å². The molecule has 6 nitrogen and oxygen atoms in total. The zero-order valence-corrected chi connectivity index (χ0v) is 16.1. The molecule has 27 heavy (non-hydrogen) atoms. The lowest BCUT2D eigenvalue weighted by molar-refractivity contribution is 0.0400. The Labute approximate surface area is 160 Å². The highest BCUT2D eigenvalue weighted by molar-refractivity contribution is 5.77. The molecule has 0 aliphatic carbocycles. The van der Waals surface area contributed by atoms with Crippen LogP contribution in [0.5, 0.6) is 0 Å². The Morgan fingerprint density at radius 2 is 2.00 bits per heavy atom. The first-order valence-electron chi connectivity index (χ1n) is 10.1. The predicted molar refractivity (Wildman–Crippen MR) is 105 cm³/mol. The summed E-state index contributed by atoms with van der Waals surface area (Å²) in [6, 6.07) is 10.9. The number of carbonyl (C=O) groups is 1. The van der Waals surface area contributed by atoms with E-state index in [4.69, 9.17) is 9.15 Å². The molecule has 2 fully saturated rings. The van der Waals surface area contributed by atoms with Crippen LogP contribution in [0.1, 0.15) is 25.5 Å². The first-order chi connectivity index (χ1) is 13.2. The van der Waals surface area contributed by atoms with Gasteiger partial charge in [0.1, 0.15) is 11.3 Å². The van der Waals surface area contributed by atoms with Crippen molar-refractivity contribution in [3.05, 3.63) is 36.1 Å². The van der Waals surface area contributed by atoms with Gasteiger partial charge in [0.25, 0.3) is 0 Å². The molecule has 1 aromatic carbocycles. The lowest BCUT2D eigenvalue weighted by Crippen LogP contribution is -2.55. The topological polar surface area (TPSA) is 49.2 Å². The van der Waals surface area contributed by atoms with Crippen molar-refractivity contribution < 1.29 is 13.9 Å². The van der Waals surface area contributed by atoms with Gasteiger partial charge < -0.3 is 14.1 Å². The summed E-state index contributed by atoms with van der Waals surface area (Å²) in [5.74, 6) is 1.05. The normalized spacial score (nSPS) is 22.3. The van der Waals surface area contributed by atoms with Crippen LogP contribution in [-0.4, -0.2) is 72.7 Å². The van der Waals surface area contributed by atoms with E-state index in [-0.39, 0.29) is 6.09 Å². The third kappa shape index (κ3) is 4.28. The maximum atomic E-state index is 11.9. The number of hydrogen-bond donors (Lipinski definition) is 0. The third-order valence-corrected chi connectivity index (χ3v) is 5.69. The lowest BCUT2D eigenvalue weighted by atomic mass is 10.0. The van der Waals surface area contributed by atoms with Gasteiger partial charge in [-0.3, -0.25) is 9.80 Å². The molecular weight excluding hydrogens is 342 g/mol. The van der Waals surface area contributed by atoms with E-state index in [0.29, 0.717) is 12.6 Å². The average Bonchev–Trinajstić information content (AvgIpc) is 3.11. The van der Waals surface area contributed by atoms with Crippen LogP contribution >= 0.6 is 0 Å². The van der Waals surface area contributed by atoms with Crippen LogP contribution in [0.3, 0.4) is 0 Å². The lowest BCUT2D eigenvalue weighted by Gasteiger charge is -2.43. The minimum Gasteiger partial charge on any atom is -0.460 e. The SMILES string of the molecule is CCOC(=O)N1CCN(C2CCCN(Cc3cc4ccccc4o3)C2)CC1. The quantitative estimate of drug-likeness (QED) is 0.826. The van der Waals surface area contributed by atoms with Crippen LogP contribution < -0.4 is 0 Å². The van der Waals surface area contributed by atoms with E-state index in [1.165, 1.54) is 18.2 Å². The smallest absolute Gasteiger partial charge is 0.409 e. The summed E-state index contributed by atoms with van der Waals surface area (Å²) in [6.07, 6.45) is 2.27.